The molecule has 0 heterocycles. The summed E-state index contributed by atoms with van der Waals surface area (Å²) in [6.07, 6.45) is 1.78. The van der Waals surface area contributed by atoms with Crippen LogP contribution in [0.5, 0.6) is 0 Å². The molecule has 0 atom stereocenters. The number of nitrogens with two attached hydrogens (primary N) is 1. The molecule has 0 saturated heterocycles. The number of aryl methyl sites for hydroxylation is 1. The van der Waals surface area contributed by atoms with Crippen LogP contribution in [-0.4, -0.2) is 13.3 Å². The van der Waals surface area contributed by atoms with Gasteiger partial charge in [-0.2, -0.15) is 0 Å². The molecule has 1 rings (SSSR count). The molecule has 0 bridgehead atoms. The average Bonchev–Trinajstić information content (AvgIpc) is 1.97. The molecule has 1 aromatic rings. The third-order valence-corrected chi connectivity index (χ3v) is 1.62. The van der Waals surface area contributed by atoms with E-state index in [0.29, 0.717) is 0 Å². The molecule has 0 aliphatic heterocycles. The molecule has 0 amide bonds. The molecule has 0 unspecified atom stereocenters. The molecule has 0 saturated carbocycles. The summed E-state index contributed by atoms with van der Waals surface area (Å²) in [5, 5.41) is 0. The number of nitrogen functional groups attached to an aromatic ring is 1. The van der Waals surface area contributed by atoms with E-state index in [0.717, 1.165) is 16.8 Å². The molecule has 2 nitrogen and oxygen atoms in total. The van der Waals surface area contributed by atoms with Crippen LogP contribution in [0.4, 0.5) is 5.69 Å². The molecule has 0 aliphatic carbocycles. The number of nitrogens with zero attached hydrogens (tertiary/aromatic N) is 1. The van der Waals surface area contributed by atoms with Gasteiger partial charge in [-0.3, -0.25) is 4.99 Å². The molecule has 0 spiro atoms. The number of hydrogen-bond acceptors (Lipinski definition) is 2. The fourth-order valence-electron chi connectivity index (χ4n) is 1.01. The number of hydrogen-bond donors (Lipinski definition) is 1. The third kappa shape index (κ3) is 1.58. The smallest absolute Gasteiger partial charge is 0.0405 e. The summed E-state index contributed by atoms with van der Waals surface area (Å²) in [4.78, 5) is 3.92. The van der Waals surface area contributed by atoms with Crippen LogP contribution in [0.2, 0.25) is 0 Å². The van der Waals surface area contributed by atoms with Crippen LogP contribution in [0.15, 0.2) is 23.2 Å². The van der Waals surface area contributed by atoms with Crippen LogP contribution in [-0.2, 0) is 0 Å². The monoisotopic (exact) mass is 148 g/mol. The lowest BCUT2D eigenvalue weighted by atomic mass is 10.1. The van der Waals surface area contributed by atoms with Gasteiger partial charge in [-0.1, -0.05) is 12.1 Å². The highest BCUT2D eigenvalue weighted by Gasteiger charge is 1.96. The van der Waals surface area contributed by atoms with E-state index in [1.807, 2.05) is 25.1 Å². The Morgan fingerprint density at radius 1 is 1.45 bits per heavy atom. The first-order valence-electron chi connectivity index (χ1n) is 3.53. The fourth-order valence-corrected chi connectivity index (χ4v) is 1.01. The van der Waals surface area contributed by atoms with E-state index < -0.39 is 0 Å². The van der Waals surface area contributed by atoms with Crippen molar-refractivity contribution in [1.29, 1.82) is 0 Å². The van der Waals surface area contributed by atoms with E-state index in [4.69, 9.17) is 5.73 Å². The molecule has 58 valence electrons. The van der Waals surface area contributed by atoms with Gasteiger partial charge in [-0.15, -0.1) is 0 Å². The molecule has 0 aromatic heterocycles. The van der Waals surface area contributed by atoms with Crippen LogP contribution in [0.1, 0.15) is 11.1 Å². The highest BCUT2D eigenvalue weighted by molar-refractivity contribution is 5.88. The number of benzene rings is 1. The van der Waals surface area contributed by atoms with Crippen LogP contribution < -0.4 is 5.73 Å². The summed E-state index contributed by atoms with van der Waals surface area (Å²) in [6.45, 7) is 2.02. The van der Waals surface area contributed by atoms with Crippen molar-refractivity contribution in [3.05, 3.63) is 29.3 Å². The molecule has 1 aromatic carbocycles. The van der Waals surface area contributed by atoms with Crippen LogP contribution in [0.3, 0.4) is 0 Å². The van der Waals surface area contributed by atoms with Crippen molar-refractivity contribution in [2.75, 3.05) is 12.8 Å². The van der Waals surface area contributed by atoms with Crippen molar-refractivity contribution < 1.29 is 0 Å². The Balaban J connectivity index is 3.20. The highest BCUT2D eigenvalue weighted by Crippen LogP contribution is 2.12. The average molecular weight is 148 g/mol. The molecule has 0 fully saturated rings. The Kier molecular flexibility index (Phi) is 2.26. The number of rotatable bonds is 1. The Morgan fingerprint density at radius 2 is 2.18 bits per heavy atom. The van der Waals surface area contributed by atoms with E-state index in [1.165, 1.54) is 0 Å². The first kappa shape index (κ1) is 7.79. The predicted molar refractivity (Wildman–Crippen MR) is 49.1 cm³/mol. The lowest BCUT2D eigenvalue weighted by molar-refractivity contribution is 1.41. The van der Waals surface area contributed by atoms with Gasteiger partial charge < -0.3 is 5.73 Å². The van der Waals surface area contributed by atoms with E-state index >= 15 is 0 Å². The van der Waals surface area contributed by atoms with Gasteiger partial charge in [0.1, 0.15) is 0 Å². The van der Waals surface area contributed by atoms with Crippen LogP contribution >= 0.6 is 0 Å². The second-order valence-electron chi connectivity index (χ2n) is 2.47. The standard InChI is InChI=1S/C9H12N2/c1-7-4-3-5-9(10)8(7)6-11-2/h3-6H,10H2,1-2H3. The fraction of sp³-hybridized carbons (Fsp3) is 0.222. The quantitative estimate of drug-likeness (QED) is 0.477. The van der Waals surface area contributed by atoms with E-state index in [2.05, 4.69) is 4.99 Å². The SMILES string of the molecule is CN=Cc1c(C)cccc1N. The number of aliphatic imine (C=N–C) groups is 1. The molecule has 2 heteroatoms. The first-order valence-corrected chi connectivity index (χ1v) is 3.53. The zero-order valence-electron chi connectivity index (χ0n) is 6.83. The summed E-state index contributed by atoms with van der Waals surface area (Å²) in [6, 6.07) is 5.84. The van der Waals surface area contributed by atoms with Crippen LogP contribution in [0, 0.1) is 6.92 Å². The summed E-state index contributed by atoms with van der Waals surface area (Å²) < 4.78 is 0. The van der Waals surface area contributed by atoms with Gasteiger partial charge in [-0.25, -0.2) is 0 Å². The molecular formula is C9H12N2. The zero-order chi connectivity index (χ0) is 8.27. The number of anilines is 1. The summed E-state index contributed by atoms with van der Waals surface area (Å²) in [5.74, 6) is 0. The Morgan fingerprint density at radius 3 is 2.73 bits per heavy atom. The topological polar surface area (TPSA) is 38.4 Å². The molecular weight excluding hydrogens is 136 g/mol. The lowest BCUT2D eigenvalue weighted by Crippen LogP contribution is -1.95. The van der Waals surface area contributed by atoms with Gasteiger partial charge in [0.2, 0.25) is 0 Å². The maximum Gasteiger partial charge on any atom is 0.0405 e. The summed E-state index contributed by atoms with van der Waals surface area (Å²) in [5.41, 5.74) is 8.69. The maximum atomic E-state index is 5.72. The molecule has 2 N–H and O–H groups in total. The van der Waals surface area contributed by atoms with Crippen molar-refractivity contribution in [2.24, 2.45) is 4.99 Å². The van der Waals surface area contributed by atoms with Gasteiger partial charge in [0.25, 0.3) is 0 Å². The minimum atomic E-state index is 0.788. The van der Waals surface area contributed by atoms with Crippen molar-refractivity contribution in [3.63, 3.8) is 0 Å². The second-order valence-corrected chi connectivity index (χ2v) is 2.47. The maximum absolute atomic E-state index is 5.72. The van der Waals surface area contributed by atoms with Crippen molar-refractivity contribution >= 4 is 11.9 Å². The zero-order valence-corrected chi connectivity index (χ0v) is 6.83. The third-order valence-electron chi connectivity index (χ3n) is 1.62. The predicted octanol–water partition coefficient (Wildman–Crippen LogP) is 1.63. The van der Waals surface area contributed by atoms with Crippen molar-refractivity contribution in [3.8, 4) is 0 Å². The van der Waals surface area contributed by atoms with Crippen molar-refractivity contribution in [1.82, 2.24) is 0 Å². The van der Waals surface area contributed by atoms with Gasteiger partial charge in [0, 0.05) is 24.5 Å². The molecule has 0 aliphatic rings. The Bertz CT molecular complexity index is 257. The second kappa shape index (κ2) is 3.19. The molecule has 0 radical (unpaired) electrons. The van der Waals surface area contributed by atoms with E-state index in [-0.39, 0.29) is 0 Å². The summed E-state index contributed by atoms with van der Waals surface area (Å²) in [7, 11) is 1.74. The van der Waals surface area contributed by atoms with E-state index in [1.54, 1.807) is 13.3 Å². The van der Waals surface area contributed by atoms with Crippen LogP contribution in [0.25, 0.3) is 0 Å². The van der Waals surface area contributed by atoms with Gasteiger partial charge in [0.15, 0.2) is 0 Å². The summed E-state index contributed by atoms with van der Waals surface area (Å²) >= 11 is 0. The Labute approximate surface area is 66.8 Å². The largest absolute Gasteiger partial charge is 0.398 e. The normalized spacial score (nSPS) is 10.7. The van der Waals surface area contributed by atoms with Gasteiger partial charge >= 0.3 is 0 Å². The minimum Gasteiger partial charge on any atom is -0.398 e. The van der Waals surface area contributed by atoms with E-state index in [9.17, 15) is 0 Å². The van der Waals surface area contributed by atoms with Gasteiger partial charge in [0.05, 0.1) is 0 Å². The minimum absolute atomic E-state index is 0.788. The molecule has 11 heavy (non-hydrogen) atoms. The Hall–Kier alpha value is -1.31. The highest BCUT2D eigenvalue weighted by atomic mass is 14.6. The first-order chi connectivity index (χ1) is 5.25. The lowest BCUT2D eigenvalue weighted by Gasteiger charge is -2.01. The van der Waals surface area contributed by atoms with Crippen molar-refractivity contribution in [2.45, 2.75) is 6.92 Å². The van der Waals surface area contributed by atoms with Gasteiger partial charge in [-0.05, 0) is 18.6 Å².